The van der Waals surface area contributed by atoms with Gasteiger partial charge in [0.05, 0.1) is 18.1 Å². The minimum Gasteiger partial charge on any atom is -0.461 e. The van der Waals surface area contributed by atoms with Crippen molar-refractivity contribution in [3.63, 3.8) is 0 Å². The van der Waals surface area contributed by atoms with E-state index in [0.717, 1.165) is 5.56 Å². The van der Waals surface area contributed by atoms with Crippen LogP contribution in [0.1, 0.15) is 22.8 Å². The number of aromatic nitrogens is 3. The second kappa shape index (κ2) is 9.52. The zero-order chi connectivity index (χ0) is 22.5. The SMILES string of the molecule is CC(Sc1nnc(-c2ccco2)n1Cc1ccccc1)C(=O)Nc1ccc(C(N)=O)cc1. The number of carbonyl (C=O) groups is 2. The molecule has 4 rings (SSSR count). The normalized spacial score (nSPS) is 11.8. The molecular weight excluding hydrogens is 426 g/mol. The molecule has 9 heteroatoms. The molecule has 3 N–H and O–H groups in total. The lowest BCUT2D eigenvalue weighted by molar-refractivity contribution is -0.115. The molecule has 0 radical (unpaired) electrons. The summed E-state index contributed by atoms with van der Waals surface area (Å²) in [6, 6.07) is 20.0. The van der Waals surface area contributed by atoms with Crippen LogP contribution in [0.3, 0.4) is 0 Å². The van der Waals surface area contributed by atoms with E-state index < -0.39 is 11.2 Å². The number of furan rings is 1. The Labute approximate surface area is 188 Å². The predicted molar refractivity (Wildman–Crippen MR) is 122 cm³/mol. The molecule has 0 saturated carbocycles. The smallest absolute Gasteiger partial charge is 0.248 e. The molecule has 0 saturated heterocycles. The summed E-state index contributed by atoms with van der Waals surface area (Å²) in [7, 11) is 0. The molecule has 2 heterocycles. The van der Waals surface area contributed by atoms with Crippen LogP contribution in [0.5, 0.6) is 0 Å². The Balaban J connectivity index is 1.52. The second-order valence-electron chi connectivity index (χ2n) is 7.05. The van der Waals surface area contributed by atoms with E-state index in [2.05, 4.69) is 15.5 Å². The molecule has 1 atom stereocenters. The van der Waals surface area contributed by atoms with Crippen LogP contribution in [0.15, 0.2) is 82.6 Å². The maximum absolute atomic E-state index is 12.7. The molecule has 4 aromatic rings. The minimum atomic E-state index is -0.517. The number of anilines is 1. The number of nitrogens with two attached hydrogens (primary N) is 1. The average Bonchev–Trinajstić information content (AvgIpc) is 3.45. The fourth-order valence-electron chi connectivity index (χ4n) is 3.05. The van der Waals surface area contributed by atoms with Crippen LogP contribution < -0.4 is 11.1 Å². The van der Waals surface area contributed by atoms with Crippen LogP contribution >= 0.6 is 11.8 Å². The Morgan fingerprint density at radius 2 is 1.81 bits per heavy atom. The molecule has 2 aromatic carbocycles. The molecule has 2 amide bonds. The monoisotopic (exact) mass is 447 g/mol. The van der Waals surface area contributed by atoms with E-state index in [4.69, 9.17) is 10.2 Å². The number of rotatable bonds is 8. The van der Waals surface area contributed by atoms with Gasteiger partial charge in [-0.2, -0.15) is 0 Å². The lowest BCUT2D eigenvalue weighted by Crippen LogP contribution is -2.23. The van der Waals surface area contributed by atoms with Crippen LogP contribution in [0, 0.1) is 0 Å². The second-order valence-corrected chi connectivity index (χ2v) is 8.35. The summed E-state index contributed by atoms with van der Waals surface area (Å²) < 4.78 is 7.46. The molecule has 8 nitrogen and oxygen atoms in total. The van der Waals surface area contributed by atoms with Gasteiger partial charge in [0.25, 0.3) is 0 Å². The third kappa shape index (κ3) is 4.89. The first kappa shape index (κ1) is 21.4. The van der Waals surface area contributed by atoms with E-state index in [1.54, 1.807) is 43.5 Å². The highest BCUT2D eigenvalue weighted by Gasteiger charge is 2.22. The molecule has 0 aliphatic rings. The molecule has 2 aromatic heterocycles. The van der Waals surface area contributed by atoms with Crippen molar-refractivity contribution in [3.05, 3.63) is 84.1 Å². The van der Waals surface area contributed by atoms with Crippen LogP contribution in [0.4, 0.5) is 5.69 Å². The van der Waals surface area contributed by atoms with Crippen molar-refractivity contribution < 1.29 is 14.0 Å². The van der Waals surface area contributed by atoms with Crippen molar-refractivity contribution in [2.24, 2.45) is 5.73 Å². The fraction of sp³-hybridized carbons (Fsp3) is 0.130. The van der Waals surface area contributed by atoms with E-state index in [1.807, 2.05) is 41.0 Å². The van der Waals surface area contributed by atoms with Gasteiger partial charge in [0.2, 0.25) is 17.6 Å². The van der Waals surface area contributed by atoms with Crippen molar-refractivity contribution >= 4 is 29.3 Å². The van der Waals surface area contributed by atoms with Crippen LogP contribution in [-0.4, -0.2) is 31.8 Å². The number of benzene rings is 2. The largest absolute Gasteiger partial charge is 0.461 e. The van der Waals surface area contributed by atoms with Crippen LogP contribution in [-0.2, 0) is 11.3 Å². The van der Waals surface area contributed by atoms with E-state index in [-0.39, 0.29) is 5.91 Å². The number of nitrogens with one attached hydrogen (secondary N) is 1. The van der Waals surface area contributed by atoms with Gasteiger partial charge < -0.3 is 15.5 Å². The van der Waals surface area contributed by atoms with Crippen molar-refractivity contribution in [1.29, 1.82) is 0 Å². The standard InChI is InChI=1S/C23H21N5O3S/c1-15(22(30)25-18-11-9-17(10-12-18)20(24)29)32-23-27-26-21(19-8-5-13-31-19)28(23)14-16-6-3-2-4-7-16/h2-13,15H,14H2,1H3,(H2,24,29)(H,25,30). The number of amides is 2. The van der Waals surface area contributed by atoms with Gasteiger partial charge in [-0.25, -0.2) is 0 Å². The summed E-state index contributed by atoms with van der Waals surface area (Å²) in [5.41, 5.74) is 7.29. The summed E-state index contributed by atoms with van der Waals surface area (Å²) >= 11 is 1.30. The van der Waals surface area contributed by atoms with E-state index >= 15 is 0 Å². The molecule has 0 spiro atoms. The van der Waals surface area contributed by atoms with Gasteiger partial charge >= 0.3 is 0 Å². The zero-order valence-corrected chi connectivity index (χ0v) is 18.1. The summed E-state index contributed by atoms with van der Waals surface area (Å²) in [6.07, 6.45) is 1.59. The molecule has 0 bridgehead atoms. The van der Waals surface area contributed by atoms with E-state index in [0.29, 0.717) is 34.5 Å². The van der Waals surface area contributed by atoms with Crippen molar-refractivity contribution in [1.82, 2.24) is 14.8 Å². The highest BCUT2D eigenvalue weighted by Crippen LogP contribution is 2.28. The number of carbonyl (C=O) groups excluding carboxylic acids is 2. The summed E-state index contributed by atoms with van der Waals surface area (Å²) in [5, 5.41) is 11.6. The van der Waals surface area contributed by atoms with Gasteiger partial charge in [0.15, 0.2) is 10.9 Å². The molecule has 0 aliphatic carbocycles. The van der Waals surface area contributed by atoms with Crippen LogP contribution in [0.2, 0.25) is 0 Å². The summed E-state index contributed by atoms with van der Waals surface area (Å²) in [6.45, 7) is 2.33. The lowest BCUT2D eigenvalue weighted by Gasteiger charge is -2.14. The zero-order valence-electron chi connectivity index (χ0n) is 17.3. The van der Waals surface area contributed by atoms with Gasteiger partial charge in [-0.1, -0.05) is 42.1 Å². The Kier molecular flexibility index (Phi) is 6.37. The number of hydrogen-bond donors (Lipinski definition) is 2. The Morgan fingerprint density at radius 1 is 1.06 bits per heavy atom. The third-order valence-corrected chi connectivity index (χ3v) is 5.81. The molecule has 162 valence electrons. The van der Waals surface area contributed by atoms with Gasteiger partial charge in [-0.15, -0.1) is 10.2 Å². The lowest BCUT2D eigenvalue weighted by atomic mass is 10.2. The summed E-state index contributed by atoms with van der Waals surface area (Å²) in [4.78, 5) is 23.9. The van der Waals surface area contributed by atoms with Gasteiger partial charge in [0, 0.05) is 11.3 Å². The number of primary amides is 1. The van der Waals surface area contributed by atoms with Crippen LogP contribution in [0.25, 0.3) is 11.6 Å². The summed E-state index contributed by atoms with van der Waals surface area (Å²) in [5.74, 6) is 0.482. The first-order chi connectivity index (χ1) is 15.5. The number of hydrogen-bond acceptors (Lipinski definition) is 6. The number of thioether (sulfide) groups is 1. The highest BCUT2D eigenvalue weighted by molar-refractivity contribution is 8.00. The van der Waals surface area contributed by atoms with E-state index in [9.17, 15) is 9.59 Å². The van der Waals surface area contributed by atoms with Gasteiger partial charge in [0.1, 0.15) is 0 Å². The van der Waals surface area contributed by atoms with Gasteiger partial charge in [-0.3, -0.25) is 14.2 Å². The maximum atomic E-state index is 12.7. The minimum absolute atomic E-state index is 0.198. The predicted octanol–water partition coefficient (Wildman–Crippen LogP) is 3.80. The quantitative estimate of drug-likeness (QED) is 0.397. The average molecular weight is 448 g/mol. The first-order valence-electron chi connectivity index (χ1n) is 9.89. The fourth-order valence-corrected chi connectivity index (χ4v) is 3.89. The molecule has 1 unspecified atom stereocenters. The Morgan fingerprint density at radius 3 is 2.47 bits per heavy atom. The highest BCUT2D eigenvalue weighted by atomic mass is 32.2. The molecule has 32 heavy (non-hydrogen) atoms. The third-order valence-electron chi connectivity index (χ3n) is 4.73. The van der Waals surface area contributed by atoms with E-state index in [1.165, 1.54) is 11.8 Å². The van der Waals surface area contributed by atoms with Gasteiger partial charge in [-0.05, 0) is 48.9 Å². The molecule has 0 fully saturated rings. The first-order valence-corrected chi connectivity index (χ1v) is 10.8. The topological polar surface area (TPSA) is 116 Å². The van der Waals surface area contributed by atoms with Crippen molar-refractivity contribution in [2.45, 2.75) is 23.9 Å². The Bertz CT molecular complexity index is 1200. The van der Waals surface area contributed by atoms with Crippen molar-refractivity contribution in [3.8, 4) is 11.6 Å². The maximum Gasteiger partial charge on any atom is 0.248 e. The molecular formula is C23H21N5O3S. The van der Waals surface area contributed by atoms with Crippen molar-refractivity contribution in [2.75, 3.05) is 5.32 Å². The molecule has 0 aliphatic heterocycles. The Hall–Kier alpha value is -3.85. The number of nitrogens with zero attached hydrogens (tertiary/aromatic N) is 3.